The lowest BCUT2D eigenvalue weighted by atomic mass is 9.74. The molecule has 0 saturated carbocycles. The van der Waals surface area contributed by atoms with Crippen molar-refractivity contribution in [1.29, 1.82) is 0 Å². The highest BCUT2D eigenvalue weighted by Gasteiger charge is 2.49. The van der Waals surface area contributed by atoms with Gasteiger partial charge in [-0.15, -0.1) is 0 Å². The first-order valence-corrected chi connectivity index (χ1v) is 12.0. The Morgan fingerprint density at radius 2 is 1.65 bits per heavy atom. The lowest BCUT2D eigenvalue weighted by Gasteiger charge is -2.57. The summed E-state index contributed by atoms with van der Waals surface area (Å²) in [6.45, 7) is 6.73. The Labute approximate surface area is 186 Å². The second-order valence-electron chi connectivity index (χ2n) is 9.46. The summed E-state index contributed by atoms with van der Waals surface area (Å²) >= 11 is 0. The molecule has 1 aromatic carbocycles. The van der Waals surface area contributed by atoms with Gasteiger partial charge in [-0.2, -0.15) is 0 Å². The fourth-order valence-electron chi connectivity index (χ4n) is 5.91. The van der Waals surface area contributed by atoms with Crippen molar-refractivity contribution in [1.82, 2.24) is 14.8 Å². The molecule has 3 saturated heterocycles. The van der Waals surface area contributed by atoms with Crippen LogP contribution in [0.1, 0.15) is 37.2 Å². The highest BCUT2D eigenvalue weighted by molar-refractivity contribution is 5.63. The van der Waals surface area contributed by atoms with Gasteiger partial charge in [-0.3, -0.25) is 9.88 Å². The molecular formula is C26H35N3O2. The van der Waals surface area contributed by atoms with Gasteiger partial charge >= 0.3 is 0 Å². The van der Waals surface area contributed by atoms with Crippen LogP contribution < -0.4 is 0 Å². The van der Waals surface area contributed by atoms with Crippen molar-refractivity contribution in [3.05, 3.63) is 54.4 Å². The molecule has 0 bridgehead atoms. The zero-order valence-electron chi connectivity index (χ0n) is 18.4. The minimum atomic E-state index is 0.243. The molecule has 3 aliphatic heterocycles. The van der Waals surface area contributed by atoms with Crippen LogP contribution in [0.3, 0.4) is 0 Å². The lowest BCUT2D eigenvalue weighted by molar-refractivity contribution is -0.0677. The Balaban J connectivity index is 1.32. The second-order valence-corrected chi connectivity index (χ2v) is 9.46. The lowest BCUT2D eigenvalue weighted by Crippen LogP contribution is -2.67. The standard InChI is InChI=1S/C26H35N3O2/c30-19-25-26(23-5-3-21(4-6-23)22-7-11-27-12-8-22)24-18-28(13-1-2-14-29(24)25)17-20-9-15-31-16-10-20/h3-8,11-12,20,24-26,30H,1-2,9-10,13-19H2/t24-,25-,26+/m1/s1. The van der Waals surface area contributed by atoms with Crippen LogP contribution in [0, 0.1) is 5.92 Å². The molecule has 5 heteroatoms. The fraction of sp³-hybridized carbons (Fsp3) is 0.577. The van der Waals surface area contributed by atoms with E-state index in [0.29, 0.717) is 12.0 Å². The Morgan fingerprint density at radius 3 is 2.39 bits per heavy atom. The molecule has 4 heterocycles. The Hall–Kier alpha value is -1.79. The van der Waals surface area contributed by atoms with Crippen LogP contribution in [0.25, 0.3) is 11.1 Å². The van der Waals surface area contributed by atoms with Gasteiger partial charge in [0.15, 0.2) is 0 Å². The molecule has 0 unspecified atom stereocenters. The molecule has 1 N–H and O–H groups in total. The molecule has 0 spiro atoms. The minimum absolute atomic E-state index is 0.243. The molecule has 0 radical (unpaired) electrons. The summed E-state index contributed by atoms with van der Waals surface area (Å²) in [6, 6.07) is 13.9. The van der Waals surface area contributed by atoms with Crippen molar-refractivity contribution >= 4 is 0 Å². The largest absolute Gasteiger partial charge is 0.395 e. The van der Waals surface area contributed by atoms with E-state index < -0.39 is 0 Å². The number of rotatable bonds is 5. The number of aliphatic hydroxyl groups excluding tert-OH is 1. The first-order valence-electron chi connectivity index (χ1n) is 12.0. The van der Waals surface area contributed by atoms with Gasteiger partial charge < -0.3 is 14.7 Å². The van der Waals surface area contributed by atoms with Gasteiger partial charge in [0.25, 0.3) is 0 Å². The van der Waals surface area contributed by atoms with E-state index in [1.807, 2.05) is 12.4 Å². The van der Waals surface area contributed by atoms with E-state index in [-0.39, 0.29) is 12.6 Å². The molecule has 0 amide bonds. The zero-order valence-corrected chi connectivity index (χ0v) is 18.4. The maximum Gasteiger partial charge on any atom is 0.0593 e. The number of hydrogen-bond donors (Lipinski definition) is 1. The molecule has 2 aromatic rings. The topological polar surface area (TPSA) is 48.8 Å². The number of benzene rings is 1. The third-order valence-electron chi connectivity index (χ3n) is 7.62. The van der Waals surface area contributed by atoms with Gasteiger partial charge in [0.1, 0.15) is 0 Å². The van der Waals surface area contributed by atoms with E-state index in [9.17, 15) is 5.11 Å². The number of nitrogens with zero attached hydrogens (tertiary/aromatic N) is 3. The fourth-order valence-corrected chi connectivity index (χ4v) is 5.91. The smallest absolute Gasteiger partial charge is 0.0593 e. The van der Waals surface area contributed by atoms with Crippen molar-refractivity contribution in [3.63, 3.8) is 0 Å². The second kappa shape index (κ2) is 9.78. The number of pyridine rings is 1. The van der Waals surface area contributed by atoms with E-state index in [1.165, 1.54) is 55.5 Å². The van der Waals surface area contributed by atoms with E-state index in [0.717, 1.165) is 32.2 Å². The minimum Gasteiger partial charge on any atom is -0.395 e. The van der Waals surface area contributed by atoms with E-state index in [1.54, 1.807) is 0 Å². The van der Waals surface area contributed by atoms with Gasteiger partial charge in [0.2, 0.25) is 0 Å². The third kappa shape index (κ3) is 4.56. The van der Waals surface area contributed by atoms with E-state index in [4.69, 9.17) is 4.74 Å². The SMILES string of the molecule is OC[C@@H]1[C@@H](c2ccc(-c3ccncc3)cc2)[C@H]2CN(CC3CCOCC3)CCCCN12. The maximum atomic E-state index is 10.2. The summed E-state index contributed by atoms with van der Waals surface area (Å²) in [5, 5.41) is 10.2. The zero-order chi connectivity index (χ0) is 21.0. The average Bonchev–Trinajstić information content (AvgIpc) is 2.81. The number of ether oxygens (including phenoxy) is 1. The predicted molar refractivity (Wildman–Crippen MR) is 123 cm³/mol. The van der Waals surface area contributed by atoms with Crippen LogP contribution in [0.4, 0.5) is 0 Å². The summed E-state index contributed by atoms with van der Waals surface area (Å²) in [7, 11) is 0. The van der Waals surface area contributed by atoms with Crippen molar-refractivity contribution < 1.29 is 9.84 Å². The Kier molecular flexibility index (Phi) is 6.65. The van der Waals surface area contributed by atoms with Gasteiger partial charge in [-0.1, -0.05) is 24.3 Å². The highest BCUT2D eigenvalue weighted by Crippen LogP contribution is 2.42. The molecule has 1 aromatic heterocycles. The summed E-state index contributed by atoms with van der Waals surface area (Å²) in [4.78, 5) is 9.41. The summed E-state index contributed by atoms with van der Waals surface area (Å²) in [5.74, 6) is 1.18. The van der Waals surface area contributed by atoms with Gasteiger partial charge in [-0.25, -0.2) is 0 Å². The van der Waals surface area contributed by atoms with Crippen molar-refractivity contribution in [2.45, 2.75) is 43.7 Å². The molecule has 0 aliphatic carbocycles. The molecule has 5 rings (SSSR count). The summed E-state index contributed by atoms with van der Waals surface area (Å²) in [5.41, 5.74) is 3.79. The number of fused-ring (bicyclic) bond motifs is 1. The molecule has 166 valence electrons. The molecule has 3 fully saturated rings. The maximum absolute atomic E-state index is 10.2. The first-order chi connectivity index (χ1) is 15.3. The predicted octanol–water partition coefficient (Wildman–Crippen LogP) is 3.40. The molecule has 31 heavy (non-hydrogen) atoms. The normalized spacial score (nSPS) is 28.4. The number of aliphatic hydroxyl groups is 1. The molecule has 5 nitrogen and oxygen atoms in total. The van der Waals surface area contributed by atoms with Gasteiger partial charge in [-0.05, 0) is 73.5 Å². The van der Waals surface area contributed by atoms with E-state index >= 15 is 0 Å². The molecule has 3 atom stereocenters. The van der Waals surface area contributed by atoms with Crippen LogP contribution in [0.2, 0.25) is 0 Å². The van der Waals surface area contributed by atoms with Gasteiger partial charge in [0, 0.05) is 56.7 Å². The van der Waals surface area contributed by atoms with Crippen molar-refractivity contribution in [2.24, 2.45) is 5.92 Å². The van der Waals surface area contributed by atoms with Crippen molar-refractivity contribution in [3.8, 4) is 11.1 Å². The molecular weight excluding hydrogens is 386 g/mol. The van der Waals surface area contributed by atoms with E-state index in [2.05, 4.69) is 51.2 Å². The van der Waals surface area contributed by atoms with Crippen molar-refractivity contribution in [2.75, 3.05) is 46.0 Å². The van der Waals surface area contributed by atoms with Crippen LogP contribution >= 0.6 is 0 Å². The molecule has 3 aliphatic rings. The third-order valence-corrected chi connectivity index (χ3v) is 7.62. The number of hydrogen-bond acceptors (Lipinski definition) is 5. The monoisotopic (exact) mass is 421 g/mol. The van der Waals surface area contributed by atoms with Gasteiger partial charge in [0.05, 0.1) is 6.61 Å². The highest BCUT2D eigenvalue weighted by atomic mass is 16.5. The number of aromatic nitrogens is 1. The summed E-state index contributed by atoms with van der Waals surface area (Å²) < 4.78 is 5.57. The quantitative estimate of drug-likeness (QED) is 0.802. The van der Waals surface area contributed by atoms with Crippen LogP contribution in [0.15, 0.2) is 48.8 Å². The van der Waals surface area contributed by atoms with Crippen LogP contribution in [-0.4, -0.2) is 78.0 Å². The first kappa shape index (κ1) is 21.1. The summed E-state index contributed by atoms with van der Waals surface area (Å²) in [6.07, 6.45) is 8.57. The Bertz CT molecular complexity index is 822. The Morgan fingerprint density at radius 1 is 0.935 bits per heavy atom. The van der Waals surface area contributed by atoms with Crippen LogP contribution in [0.5, 0.6) is 0 Å². The average molecular weight is 422 g/mol. The van der Waals surface area contributed by atoms with Crippen LogP contribution in [-0.2, 0) is 4.74 Å².